The van der Waals surface area contributed by atoms with Crippen LogP contribution >= 0.6 is 0 Å². The Morgan fingerprint density at radius 2 is 1.94 bits per heavy atom. The molecule has 1 aliphatic rings. The summed E-state index contributed by atoms with van der Waals surface area (Å²) in [5.74, 6) is 0.855. The van der Waals surface area contributed by atoms with E-state index >= 15 is 0 Å². The van der Waals surface area contributed by atoms with Gasteiger partial charge in [-0.3, -0.25) is 10.2 Å². The molecule has 1 aromatic carbocycles. The third-order valence-corrected chi connectivity index (χ3v) is 3.07. The molecule has 1 amide bonds. The van der Waals surface area contributed by atoms with E-state index in [-0.39, 0.29) is 11.3 Å². The molecule has 1 saturated carbocycles. The molecule has 0 spiro atoms. The SMILES string of the molecule is CNNC(=O)C1(c2ccc(OC)cc2)CC1. The molecule has 0 heterocycles. The molecule has 0 aromatic heterocycles. The first kappa shape index (κ1) is 11.0. The third kappa shape index (κ3) is 1.76. The van der Waals surface area contributed by atoms with Gasteiger partial charge in [-0.1, -0.05) is 12.1 Å². The van der Waals surface area contributed by atoms with Crippen molar-refractivity contribution in [2.45, 2.75) is 18.3 Å². The van der Waals surface area contributed by atoms with E-state index < -0.39 is 0 Å². The molecule has 0 atom stereocenters. The number of carbonyl (C=O) groups is 1. The minimum atomic E-state index is -0.324. The van der Waals surface area contributed by atoms with E-state index in [9.17, 15) is 4.79 Å². The molecule has 1 aromatic rings. The quantitative estimate of drug-likeness (QED) is 0.744. The molecular formula is C12H16N2O2. The Hall–Kier alpha value is -1.55. The highest BCUT2D eigenvalue weighted by atomic mass is 16.5. The topological polar surface area (TPSA) is 50.4 Å². The Balaban J connectivity index is 2.19. The summed E-state index contributed by atoms with van der Waals surface area (Å²) >= 11 is 0. The maximum absolute atomic E-state index is 11.9. The Morgan fingerprint density at radius 1 is 1.31 bits per heavy atom. The predicted octanol–water partition coefficient (Wildman–Crippen LogP) is 0.977. The predicted molar refractivity (Wildman–Crippen MR) is 61.1 cm³/mol. The Kier molecular flexibility index (Phi) is 2.83. The maximum atomic E-state index is 11.9. The van der Waals surface area contributed by atoms with Gasteiger partial charge in [-0.2, -0.15) is 0 Å². The fraction of sp³-hybridized carbons (Fsp3) is 0.417. The van der Waals surface area contributed by atoms with Gasteiger partial charge in [0.15, 0.2) is 0 Å². The molecule has 16 heavy (non-hydrogen) atoms. The van der Waals surface area contributed by atoms with E-state index in [0.29, 0.717) is 0 Å². The number of rotatable bonds is 4. The van der Waals surface area contributed by atoms with Crippen molar-refractivity contribution in [1.82, 2.24) is 10.9 Å². The van der Waals surface area contributed by atoms with Gasteiger partial charge in [-0.05, 0) is 30.5 Å². The van der Waals surface area contributed by atoms with Crippen molar-refractivity contribution in [2.24, 2.45) is 0 Å². The van der Waals surface area contributed by atoms with Crippen molar-refractivity contribution in [1.29, 1.82) is 0 Å². The van der Waals surface area contributed by atoms with Gasteiger partial charge in [0.2, 0.25) is 5.91 Å². The van der Waals surface area contributed by atoms with Crippen molar-refractivity contribution in [3.05, 3.63) is 29.8 Å². The summed E-state index contributed by atoms with van der Waals surface area (Å²) in [6, 6.07) is 7.70. The van der Waals surface area contributed by atoms with Crippen LogP contribution in [0.15, 0.2) is 24.3 Å². The first-order chi connectivity index (χ1) is 7.73. The second kappa shape index (κ2) is 4.14. The molecule has 0 bridgehead atoms. The van der Waals surface area contributed by atoms with Crippen LogP contribution in [0.3, 0.4) is 0 Å². The monoisotopic (exact) mass is 220 g/mol. The molecule has 4 heteroatoms. The fourth-order valence-corrected chi connectivity index (χ4v) is 1.92. The Morgan fingerprint density at radius 3 is 2.38 bits per heavy atom. The largest absolute Gasteiger partial charge is 0.497 e. The van der Waals surface area contributed by atoms with Crippen LogP contribution in [0.4, 0.5) is 0 Å². The minimum absolute atomic E-state index is 0.0418. The van der Waals surface area contributed by atoms with Gasteiger partial charge >= 0.3 is 0 Å². The van der Waals surface area contributed by atoms with Gasteiger partial charge in [0.1, 0.15) is 5.75 Å². The molecule has 2 N–H and O–H groups in total. The zero-order valence-electron chi connectivity index (χ0n) is 9.54. The highest BCUT2D eigenvalue weighted by Crippen LogP contribution is 2.48. The molecule has 0 aliphatic heterocycles. The van der Waals surface area contributed by atoms with E-state index in [4.69, 9.17) is 4.74 Å². The highest BCUT2D eigenvalue weighted by molar-refractivity contribution is 5.90. The van der Waals surface area contributed by atoms with Crippen molar-refractivity contribution < 1.29 is 9.53 Å². The molecule has 0 saturated heterocycles. The fourth-order valence-electron chi connectivity index (χ4n) is 1.92. The first-order valence-corrected chi connectivity index (χ1v) is 5.34. The lowest BCUT2D eigenvalue weighted by Gasteiger charge is -2.15. The van der Waals surface area contributed by atoms with Crippen molar-refractivity contribution in [3.8, 4) is 5.75 Å². The van der Waals surface area contributed by atoms with Crippen LogP contribution in [0.25, 0.3) is 0 Å². The molecule has 0 unspecified atom stereocenters. The van der Waals surface area contributed by atoms with E-state index in [2.05, 4.69) is 10.9 Å². The van der Waals surface area contributed by atoms with Crippen LogP contribution in [0.1, 0.15) is 18.4 Å². The number of nitrogens with one attached hydrogen (secondary N) is 2. The summed E-state index contributed by atoms with van der Waals surface area (Å²) in [4.78, 5) is 11.9. The number of amides is 1. The second-order valence-electron chi connectivity index (χ2n) is 4.01. The number of benzene rings is 1. The van der Waals surface area contributed by atoms with Crippen molar-refractivity contribution >= 4 is 5.91 Å². The maximum Gasteiger partial charge on any atom is 0.244 e. The average molecular weight is 220 g/mol. The standard InChI is InChI=1S/C12H16N2O2/c1-13-14-11(15)12(7-8-12)9-3-5-10(16-2)6-4-9/h3-6,13H,7-8H2,1-2H3,(H,14,15). The van der Waals surface area contributed by atoms with E-state index in [1.54, 1.807) is 14.2 Å². The van der Waals surface area contributed by atoms with Gasteiger partial charge in [-0.25, -0.2) is 5.43 Å². The normalized spacial score (nSPS) is 16.6. The van der Waals surface area contributed by atoms with Gasteiger partial charge in [-0.15, -0.1) is 0 Å². The van der Waals surface area contributed by atoms with Crippen LogP contribution in [0, 0.1) is 0 Å². The van der Waals surface area contributed by atoms with Gasteiger partial charge in [0.25, 0.3) is 0 Å². The number of ether oxygens (including phenoxy) is 1. The highest BCUT2D eigenvalue weighted by Gasteiger charge is 2.51. The van der Waals surface area contributed by atoms with E-state index in [1.807, 2.05) is 24.3 Å². The smallest absolute Gasteiger partial charge is 0.244 e. The van der Waals surface area contributed by atoms with Gasteiger partial charge in [0.05, 0.1) is 12.5 Å². The summed E-state index contributed by atoms with van der Waals surface area (Å²) in [5, 5.41) is 0. The lowest BCUT2D eigenvalue weighted by Crippen LogP contribution is -2.41. The molecule has 2 rings (SSSR count). The van der Waals surface area contributed by atoms with Gasteiger partial charge in [0, 0.05) is 7.05 Å². The molecule has 4 nitrogen and oxygen atoms in total. The van der Waals surface area contributed by atoms with Crippen LogP contribution in [0.5, 0.6) is 5.75 Å². The third-order valence-electron chi connectivity index (χ3n) is 3.07. The van der Waals surface area contributed by atoms with Crippen LogP contribution < -0.4 is 15.6 Å². The number of hydrazine groups is 1. The molecule has 86 valence electrons. The number of methoxy groups -OCH3 is 1. The number of hydrogen-bond acceptors (Lipinski definition) is 3. The van der Waals surface area contributed by atoms with Crippen LogP contribution in [0.2, 0.25) is 0 Å². The molecular weight excluding hydrogens is 204 g/mol. The Bertz CT molecular complexity index is 383. The lowest BCUT2D eigenvalue weighted by molar-refractivity contribution is -0.124. The summed E-state index contributed by atoms with van der Waals surface area (Å²) in [6.45, 7) is 0. The number of hydrogen-bond donors (Lipinski definition) is 2. The minimum Gasteiger partial charge on any atom is -0.497 e. The summed E-state index contributed by atoms with van der Waals surface area (Å²) < 4.78 is 5.10. The second-order valence-corrected chi connectivity index (χ2v) is 4.01. The first-order valence-electron chi connectivity index (χ1n) is 5.34. The van der Waals surface area contributed by atoms with Crippen LogP contribution in [-0.4, -0.2) is 20.1 Å². The van der Waals surface area contributed by atoms with Crippen LogP contribution in [-0.2, 0) is 10.2 Å². The molecule has 0 radical (unpaired) electrons. The summed E-state index contributed by atoms with van der Waals surface area (Å²) in [6.07, 6.45) is 1.82. The average Bonchev–Trinajstić information content (AvgIpc) is 3.11. The molecule has 1 fully saturated rings. The zero-order valence-corrected chi connectivity index (χ0v) is 9.54. The summed E-state index contributed by atoms with van der Waals surface area (Å²) in [5.41, 5.74) is 6.07. The van der Waals surface area contributed by atoms with E-state index in [1.165, 1.54) is 0 Å². The number of carbonyl (C=O) groups excluding carboxylic acids is 1. The Labute approximate surface area is 95.0 Å². The van der Waals surface area contributed by atoms with Crippen molar-refractivity contribution in [2.75, 3.05) is 14.2 Å². The zero-order chi connectivity index (χ0) is 11.6. The summed E-state index contributed by atoms with van der Waals surface area (Å²) in [7, 11) is 3.33. The van der Waals surface area contributed by atoms with Crippen molar-refractivity contribution in [3.63, 3.8) is 0 Å². The van der Waals surface area contributed by atoms with E-state index in [0.717, 1.165) is 24.2 Å². The lowest BCUT2D eigenvalue weighted by atomic mass is 9.95. The molecule has 1 aliphatic carbocycles. The van der Waals surface area contributed by atoms with Gasteiger partial charge < -0.3 is 4.74 Å².